The molecule has 3 rings (SSSR count). The van der Waals surface area contributed by atoms with Gasteiger partial charge >= 0.3 is 5.97 Å². The highest BCUT2D eigenvalue weighted by atomic mass is 32.2. The number of amides is 1. The van der Waals surface area contributed by atoms with E-state index in [1.807, 2.05) is 84.9 Å². The summed E-state index contributed by atoms with van der Waals surface area (Å²) in [5.41, 5.74) is 1.84. The molecule has 0 unspecified atom stereocenters. The zero-order valence-electron chi connectivity index (χ0n) is 16.6. The van der Waals surface area contributed by atoms with E-state index in [1.165, 1.54) is 11.8 Å². The van der Waals surface area contributed by atoms with Gasteiger partial charge in [0.05, 0.1) is 18.9 Å². The van der Waals surface area contributed by atoms with E-state index in [2.05, 4.69) is 5.32 Å². The third-order valence-corrected chi connectivity index (χ3v) is 5.34. The summed E-state index contributed by atoms with van der Waals surface area (Å²) in [6.45, 7) is -0.326. The van der Waals surface area contributed by atoms with Crippen LogP contribution in [0.1, 0.15) is 17.2 Å². The number of hydrogen-bond acceptors (Lipinski definition) is 5. The number of methoxy groups -OCH3 is 1. The molecule has 0 bridgehead atoms. The van der Waals surface area contributed by atoms with Crippen LogP contribution < -0.4 is 10.1 Å². The summed E-state index contributed by atoms with van der Waals surface area (Å²) in [6.07, 6.45) is 0. The molecule has 1 atom stereocenters. The van der Waals surface area contributed by atoms with E-state index >= 15 is 0 Å². The van der Waals surface area contributed by atoms with Crippen LogP contribution in [0, 0.1) is 0 Å². The van der Waals surface area contributed by atoms with Crippen molar-refractivity contribution in [2.45, 2.75) is 10.9 Å². The topological polar surface area (TPSA) is 64.6 Å². The zero-order valence-corrected chi connectivity index (χ0v) is 17.4. The summed E-state index contributed by atoms with van der Waals surface area (Å²) in [7, 11) is 1.61. The zero-order chi connectivity index (χ0) is 21.2. The van der Waals surface area contributed by atoms with E-state index in [1.54, 1.807) is 7.11 Å². The Morgan fingerprint density at radius 1 is 0.867 bits per heavy atom. The van der Waals surface area contributed by atoms with Gasteiger partial charge in [0.2, 0.25) is 0 Å². The molecular formula is C24H23NO4S. The fraction of sp³-hybridized carbons (Fsp3) is 0.167. The van der Waals surface area contributed by atoms with Crippen LogP contribution in [0.2, 0.25) is 0 Å². The summed E-state index contributed by atoms with van der Waals surface area (Å²) in [6, 6.07) is 26.3. The number of carbonyl (C=O) groups is 2. The van der Waals surface area contributed by atoms with Gasteiger partial charge in [-0.05, 0) is 35.4 Å². The smallest absolute Gasteiger partial charge is 0.316 e. The molecule has 0 heterocycles. The Morgan fingerprint density at radius 2 is 1.47 bits per heavy atom. The van der Waals surface area contributed by atoms with Crippen molar-refractivity contribution in [1.29, 1.82) is 0 Å². The number of rotatable bonds is 9. The summed E-state index contributed by atoms with van der Waals surface area (Å²) < 4.78 is 10.4. The number of thioether (sulfide) groups is 1. The number of benzene rings is 3. The lowest BCUT2D eigenvalue weighted by molar-refractivity contribution is -0.146. The second kappa shape index (κ2) is 11.1. The number of carbonyl (C=O) groups excluding carboxylic acids is 2. The molecule has 0 saturated heterocycles. The van der Waals surface area contributed by atoms with Crippen molar-refractivity contribution in [3.05, 3.63) is 96.1 Å². The summed E-state index contributed by atoms with van der Waals surface area (Å²) >= 11 is 1.37. The Hall–Kier alpha value is -3.25. The van der Waals surface area contributed by atoms with Gasteiger partial charge in [-0.25, -0.2) is 0 Å². The van der Waals surface area contributed by atoms with E-state index < -0.39 is 5.97 Å². The fourth-order valence-corrected chi connectivity index (χ4v) is 3.57. The Morgan fingerprint density at radius 3 is 2.10 bits per heavy atom. The lowest BCUT2D eigenvalue weighted by Gasteiger charge is -2.20. The van der Waals surface area contributed by atoms with Gasteiger partial charge in [-0.15, -0.1) is 11.8 Å². The van der Waals surface area contributed by atoms with Crippen molar-refractivity contribution in [3.8, 4) is 5.75 Å². The lowest BCUT2D eigenvalue weighted by atomic mass is 9.98. The molecule has 3 aromatic rings. The normalized spacial score (nSPS) is 11.4. The molecule has 6 heteroatoms. The van der Waals surface area contributed by atoms with E-state index in [4.69, 9.17) is 9.47 Å². The van der Waals surface area contributed by atoms with Crippen molar-refractivity contribution in [1.82, 2.24) is 5.32 Å². The van der Waals surface area contributed by atoms with Gasteiger partial charge < -0.3 is 14.8 Å². The SMILES string of the molecule is COc1ccc([C@@H](NC(=O)COC(=O)CSc2ccccc2)c2ccccc2)cc1. The van der Waals surface area contributed by atoms with E-state index in [9.17, 15) is 9.59 Å². The highest BCUT2D eigenvalue weighted by Crippen LogP contribution is 2.24. The van der Waals surface area contributed by atoms with Gasteiger partial charge in [-0.2, -0.15) is 0 Å². The fourth-order valence-electron chi connectivity index (χ4n) is 2.85. The van der Waals surface area contributed by atoms with Gasteiger partial charge in [0.15, 0.2) is 6.61 Å². The average molecular weight is 422 g/mol. The monoisotopic (exact) mass is 421 g/mol. The van der Waals surface area contributed by atoms with Gasteiger partial charge in [0.25, 0.3) is 5.91 Å². The first-order valence-corrected chi connectivity index (χ1v) is 10.5. The van der Waals surface area contributed by atoms with Crippen LogP contribution in [0.5, 0.6) is 5.75 Å². The highest BCUT2D eigenvalue weighted by Gasteiger charge is 2.18. The number of esters is 1. The molecule has 0 radical (unpaired) electrons. The number of ether oxygens (including phenoxy) is 2. The molecule has 0 aliphatic rings. The maximum atomic E-state index is 12.5. The first kappa shape index (κ1) is 21.5. The van der Waals surface area contributed by atoms with Crippen LogP contribution in [0.25, 0.3) is 0 Å². The van der Waals surface area contributed by atoms with E-state index in [-0.39, 0.29) is 24.3 Å². The first-order valence-electron chi connectivity index (χ1n) is 9.47. The highest BCUT2D eigenvalue weighted by molar-refractivity contribution is 8.00. The van der Waals surface area contributed by atoms with E-state index in [0.29, 0.717) is 0 Å². The molecule has 0 aromatic heterocycles. The molecular weight excluding hydrogens is 398 g/mol. The Labute approximate surface area is 180 Å². The van der Waals surface area contributed by atoms with Crippen LogP contribution in [-0.2, 0) is 14.3 Å². The predicted molar refractivity (Wildman–Crippen MR) is 118 cm³/mol. The molecule has 0 fully saturated rings. The van der Waals surface area contributed by atoms with Crippen molar-refractivity contribution in [2.24, 2.45) is 0 Å². The average Bonchev–Trinajstić information content (AvgIpc) is 2.81. The summed E-state index contributed by atoms with van der Waals surface area (Å²) in [5.74, 6) is 0.0944. The first-order chi connectivity index (χ1) is 14.7. The summed E-state index contributed by atoms with van der Waals surface area (Å²) in [5, 5.41) is 2.95. The molecule has 1 N–H and O–H groups in total. The third kappa shape index (κ3) is 6.39. The van der Waals surface area contributed by atoms with Crippen molar-refractivity contribution in [3.63, 3.8) is 0 Å². The van der Waals surface area contributed by atoms with Gasteiger partial charge in [0.1, 0.15) is 5.75 Å². The van der Waals surface area contributed by atoms with Crippen molar-refractivity contribution in [2.75, 3.05) is 19.5 Å². The third-order valence-electron chi connectivity index (χ3n) is 4.35. The molecule has 30 heavy (non-hydrogen) atoms. The lowest BCUT2D eigenvalue weighted by Crippen LogP contribution is -2.33. The molecule has 0 aliphatic carbocycles. The minimum Gasteiger partial charge on any atom is -0.497 e. The maximum absolute atomic E-state index is 12.5. The minimum atomic E-state index is -0.431. The Balaban J connectivity index is 1.58. The molecule has 0 aliphatic heterocycles. The van der Waals surface area contributed by atoms with Crippen molar-refractivity contribution >= 4 is 23.6 Å². The van der Waals surface area contributed by atoms with Crippen LogP contribution in [0.4, 0.5) is 0 Å². The van der Waals surface area contributed by atoms with Gasteiger partial charge in [0, 0.05) is 4.90 Å². The number of nitrogens with one attached hydrogen (secondary N) is 1. The quantitative estimate of drug-likeness (QED) is 0.414. The molecule has 0 saturated carbocycles. The standard InChI is InChI=1S/C24H23NO4S/c1-28-20-14-12-19(13-15-20)24(18-8-4-2-5-9-18)25-22(26)16-29-23(27)17-30-21-10-6-3-7-11-21/h2-15,24H,16-17H2,1H3,(H,25,26)/t24-/m0/s1. The van der Waals surface area contributed by atoms with Crippen LogP contribution in [-0.4, -0.2) is 31.3 Å². The van der Waals surface area contributed by atoms with Gasteiger partial charge in [-0.1, -0.05) is 60.7 Å². The number of hydrogen-bond donors (Lipinski definition) is 1. The molecule has 154 valence electrons. The Bertz CT molecular complexity index is 946. The maximum Gasteiger partial charge on any atom is 0.316 e. The molecule has 3 aromatic carbocycles. The second-order valence-corrected chi connectivity index (χ2v) is 7.50. The van der Waals surface area contributed by atoms with Crippen LogP contribution >= 0.6 is 11.8 Å². The molecule has 5 nitrogen and oxygen atoms in total. The molecule has 1 amide bonds. The van der Waals surface area contributed by atoms with Crippen LogP contribution in [0.15, 0.2) is 89.8 Å². The Kier molecular flexibility index (Phi) is 7.92. The molecule has 0 spiro atoms. The minimum absolute atomic E-state index is 0.151. The van der Waals surface area contributed by atoms with Gasteiger partial charge in [-0.3, -0.25) is 9.59 Å². The van der Waals surface area contributed by atoms with E-state index in [0.717, 1.165) is 21.8 Å². The second-order valence-electron chi connectivity index (χ2n) is 6.45. The predicted octanol–water partition coefficient (Wildman–Crippen LogP) is 4.24. The van der Waals surface area contributed by atoms with Crippen LogP contribution in [0.3, 0.4) is 0 Å². The summed E-state index contributed by atoms with van der Waals surface area (Å²) in [4.78, 5) is 25.4. The van der Waals surface area contributed by atoms with Crippen molar-refractivity contribution < 1.29 is 19.1 Å². The largest absolute Gasteiger partial charge is 0.497 e.